The molecular formula is C13H6BrFN2O3. The van der Waals surface area contributed by atoms with Crippen molar-refractivity contribution in [2.45, 2.75) is 0 Å². The smallest absolute Gasteiger partial charge is 0.270 e. The number of nitriles is 1. The molecule has 0 aliphatic carbocycles. The van der Waals surface area contributed by atoms with Gasteiger partial charge in [-0.15, -0.1) is 0 Å². The van der Waals surface area contributed by atoms with Crippen LogP contribution in [0.4, 0.5) is 10.1 Å². The molecule has 100 valence electrons. The maximum Gasteiger partial charge on any atom is 0.270 e. The van der Waals surface area contributed by atoms with E-state index in [2.05, 4.69) is 15.9 Å². The van der Waals surface area contributed by atoms with Gasteiger partial charge in [-0.2, -0.15) is 5.26 Å². The molecule has 0 amide bonds. The third-order valence-electron chi connectivity index (χ3n) is 2.41. The molecule has 0 aliphatic heterocycles. The first-order valence-corrected chi connectivity index (χ1v) is 6.12. The number of nitro benzene ring substituents is 1. The Bertz CT molecular complexity index is 728. The fourth-order valence-corrected chi connectivity index (χ4v) is 1.91. The van der Waals surface area contributed by atoms with Gasteiger partial charge < -0.3 is 4.74 Å². The van der Waals surface area contributed by atoms with E-state index in [4.69, 9.17) is 10.00 Å². The molecule has 7 heteroatoms. The van der Waals surface area contributed by atoms with Crippen molar-refractivity contribution in [2.24, 2.45) is 0 Å². The average Bonchev–Trinajstić information content (AvgIpc) is 2.42. The van der Waals surface area contributed by atoms with Gasteiger partial charge in [0.2, 0.25) is 0 Å². The van der Waals surface area contributed by atoms with Crippen LogP contribution in [0.15, 0.2) is 40.9 Å². The van der Waals surface area contributed by atoms with Crippen molar-refractivity contribution in [3.8, 4) is 17.6 Å². The second-order valence-corrected chi connectivity index (χ2v) is 4.59. The molecule has 0 atom stereocenters. The molecule has 0 saturated carbocycles. The van der Waals surface area contributed by atoms with Gasteiger partial charge in [-0.3, -0.25) is 10.1 Å². The van der Waals surface area contributed by atoms with Crippen molar-refractivity contribution in [3.05, 3.63) is 62.4 Å². The zero-order valence-electron chi connectivity index (χ0n) is 9.84. The van der Waals surface area contributed by atoms with Gasteiger partial charge in [-0.25, -0.2) is 4.39 Å². The zero-order chi connectivity index (χ0) is 14.7. The third-order valence-corrected chi connectivity index (χ3v) is 3.03. The molecule has 0 heterocycles. The number of nitro groups is 1. The summed E-state index contributed by atoms with van der Waals surface area (Å²) in [6.07, 6.45) is 0. The lowest BCUT2D eigenvalue weighted by atomic mass is 10.2. The Hall–Kier alpha value is -2.46. The monoisotopic (exact) mass is 336 g/mol. The Morgan fingerprint density at radius 3 is 2.50 bits per heavy atom. The summed E-state index contributed by atoms with van der Waals surface area (Å²) in [6, 6.07) is 9.47. The van der Waals surface area contributed by atoms with Gasteiger partial charge in [-0.1, -0.05) is 0 Å². The number of ether oxygens (including phenoxy) is 1. The zero-order valence-corrected chi connectivity index (χ0v) is 11.4. The number of rotatable bonds is 3. The maximum atomic E-state index is 13.7. The van der Waals surface area contributed by atoms with Crippen molar-refractivity contribution in [3.63, 3.8) is 0 Å². The van der Waals surface area contributed by atoms with Crippen LogP contribution in [0.5, 0.6) is 11.5 Å². The number of benzene rings is 2. The maximum absolute atomic E-state index is 13.7. The van der Waals surface area contributed by atoms with E-state index in [-0.39, 0.29) is 22.7 Å². The number of nitrogens with zero attached hydrogens (tertiary/aromatic N) is 2. The lowest BCUT2D eigenvalue weighted by Gasteiger charge is -2.08. The Morgan fingerprint density at radius 2 is 1.95 bits per heavy atom. The Morgan fingerprint density at radius 1 is 1.25 bits per heavy atom. The first-order valence-electron chi connectivity index (χ1n) is 5.32. The Balaban J connectivity index is 2.31. The molecule has 5 nitrogen and oxygen atoms in total. The molecule has 0 radical (unpaired) electrons. The molecule has 0 fully saturated rings. The highest BCUT2D eigenvalue weighted by molar-refractivity contribution is 9.10. The van der Waals surface area contributed by atoms with E-state index < -0.39 is 10.7 Å². The summed E-state index contributed by atoms with van der Waals surface area (Å²) in [7, 11) is 0. The van der Waals surface area contributed by atoms with Gasteiger partial charge >= 0.3 is 0 Å². The highest BCUT2D eigenvalue weighted by atomic mass is 79.9. The van der Waals surface area contributed by atoms with Crippen LogP contribution in [0.25, 0.3) is 0 Å². The minimum Gasteiger partial charge on any atom is -0.453 e. The van der Waals surface area contributed by atoms with Gasteiger partial charge in [0.1, 0.15) is 5.75 Å². The molecule has 0 aliphatic rings. The fourth-order valence-electron chi connectivity index (χ4n) is 1.46. The van der Waals surface area contributed by atoms with Crippen LogP contribution in [0.1, 0.15) is 5.56 Å². The minimum atomic E-state index is -0.686. The molecular weight excluding hydrogens is 331 g/mol. The summed E-state index contributed by atoms with van der Waals surface area (Å²) in [6.45, 7) is 0. The number of non-ortho nitro benzene ring substituents is 1. The number of halogens is 2. The summed E-state index contributed by atoms with van der Waals surface area (Å²) in [5, 5.41) is 19.2. The van der Waals surface area contributed by atoms with E-state index in [1.807, 2.05) is 6.07 Å². The normalized spacial score (nSPS) is 9.85. The van der Waals surface area contributed by atoms with Crippen LogP contribution in [0.3, 0.4) is 0 Å². The highest BCUT2D eigenvalue weighted by Gasteiger charge is 2.12. The SMILES string of the molecule is N#Cc1ccc(Oc2ccc([N+](=O)[O-])cc2Br)c(F)c1. The second-order valence-electron chi connectivity index (χ2n) is 3.73. The van der Waals surface area contributed by atoms with Crippen molar-refractivity contribution >= 4 is 21.6 Å². The molecule has 0 spiro atoms. The lowest BCUT2D eigenvalue weighted by molar-refractivity contribution is -0.384. The predicted octanol–water partition coefficient (Wildman–Crippen LogP) is 4.16. The molecule has 0 aromatic heterocycles. The predicted molar refractivity (Wildman–Crippen MR) is 72.0 cm³/mol. The van der Waals surface area contributed by atoms with E-state index >= 15 is 0 Å². The van der Waals surface area contributed by atoms with Crippen molar-refractivity contribution in [1.29, 1.82) is 5.26 Å². The number of hydrogen-bond donors (Lipinski definition) is 0. The van der Waals surface area contributed by atoms with Crippen LogP contribution in [0, 0.1) is 27.3 Å². The van der Waals surface area contributed by atoms with E-state index in [0.29, 0.717) is 4.47 Å². The minimum absolute atomic E-state index is 0.0708. The molecule has 0 bridgehead atoms. The quantitative estimate of drug-likeness (QED) is 0.622. The fraction of sp³-hybridized carbons (Fsp3) is 0. The molecule has 2 rings (SSSR count). The van der Waals surface area contributed by atoms with E-state index in [9.17, 15) is 14.5 Å². The average molecular weight is 337 g/mol. The summed E-state index contributed by atoms with van der Waals surface area (Å²) in [5.41, 5.74) is 0.0714. The number of hydrogen-bond acceptors (Lipinski definition) is 4. The lowest BCUT2D eigenvalue weighted by Crippen LogP contribution is -1.92. The molecule has 0 unspecified atom stereocenters. The first kappa shape index (κ1) is 14.0. The van der Waals surface area contributed by atoms with Gasteiger partial charge in [-0.05, 0) is 40.2 Å². The van der Waals surface area contributed by atoms with E-state index in [0.717, 1.165) is 6.07 Å². The molecule has 2 aromatic rings. The first-order chi connectivity index (χ1) is 9.51. The molecule has 2 aromatic carbocycles. The second kappa shape index (κ2) is 5.67. The molecule has 20 heavy (non-hydrogen) atoms. The largest absolute Gasteiger partial charge is 0.453 e. The van der Waals surface area contributed by atoms with Crippen LogP contribution >= 0.6 is 15.9 Å². The summed E-state index contributed by atoms with van der Waals surface area (Å²) in [5.74, 6) is -0.521. The molecule has 0 saturated heterocycles. The van der Waals surface area contributed by atoms with Gasteiger partial charge in [0, 0.05) is 12.1 Å². The standard InChI is InChI=1S/C13H6BrFN2O3/c14-10-6-9(17(18)19)2-4-12(10)20-13-3-1-8(7-16)5-11(13)15/h1-6H. The van der Waals surface area contributed by atoms with Gasteiger partial charge in [0.25, 0.3) is 5.69 Å². The van der Waals surface area contributed by atoms with Crippen LogP contribution in [-0.4, -0.2) is 4.92 Å². The van der Waals surface area contributed by atoms with Crippen LogP contribution < -0.4 is 4.74 Å². The van der Waals surface area contributed by atoms with Crippen LogP contribution in [-0.2, 0) is 0 Å². The third kappa shape index (κ3) is 2.92. The van der Waals surface area contributed by atoms with Crippen molar-refractivity contribution in [1.82, 2.24) is 0 Å². The molecule has 0 N–H and O–H groups in total. The summed E-state index contributed by atoms with van der Waals surface area (Å²) >= 11 is 3.12. The highest BCUT2D eigenvalue weighted by Crippen LogP contribution is 2.33. The Kier molecular flexibility index (Phi) is 3.96. The topological polar surface area (TPSA) is 76.2 Å². The van der Waals surface area contributed by atoms with Gasteiger partial charge in [0.05, 0.1) is 21.0 Å². The Labute approximate surface area is 121 Å². The van der Waals surface area contributed by atoms with Crippen LogP contribution in [0.2, 0.25) is 0 Å². The summed E-state index contributed by atoms with van der Waals surface area (Å²) < 4.78 is 19.3. The van der Waals surface area contributed by atoms with E-state index in [1.54, 1.807) is 0 Å². The van der Waals surface area contributed by atoms with Gasteiger partial charge in [0.15, 0.2) is 11.6 Å². The van der Waals surface area contributed by atoms with E-state index in [1.165, 1.54) is 30.3 Å². The van der Waals surface area contributed by atoms with Crippen molar-refractivity contribution in [2.75, 3.05) is 0 Å². The van der Waals surface area contributed by atoms with Crippen molar-refractivity contribution < 1.29 is 14.1 Å². The summed E-state index contributed by atoms with van der Waals surface area (Å²) in [4.78, 5) is 10.1.